The Kier molecular flexibility index (Phi) is 13.6. The number of hydrogen-bond acceptors (Lipinski definition) is 0. The molecule has 12 nitrogen and oxygen atoms in total. The van der Waals surface area contributed by atoms with E-state index in [0.717, 1.165) is 45.7 Å². The van der Waals surface area contributed by atoms with E-state index in [9.17, 15) is 0 Å². The minimum Gasteiger partial charge on any atom is -0.225 e. The van der Waals surface area contributed by atoms with Crippen LogP contribution < -0.4 is 26.6 Å². The van der Waals surface area contributed by atoms with Crippen molar-refractivity contribution < 1.29 is 26.6 Å². The quantitative estimate of drug-likeness (QED) is 0.107. The van der Waals surface area contributed by atoms with Crippen LogP contribution >= 0.6 is 0 Å². The van der Waals surface area contributed by atoms with E-state index in [4.69, 9.17) is 0 Å². The summed E-state index contributed by atoms with van der Waals surface area (Å²) in [6.45, 7) is 28.9. The molecule has 12 aliphatic rings. The van der Waals surface area contributed by atoms with Gasteiger partial charge in [0.1, 0.15) is 113 Å². The smallest absolute Gasteiger partial charge is 0.225 e. The zero-order valence-electron chi connectivity index (χ0n) is 75.6. The van der Waals surface area contributed by atoms with E-state index >= 15 is 0 Å². The maximum absolute atomic E-state index is 2.58. The standard InChI is InChI=1S/4C20H17N2.2C19H15N2/c1-11-6-8-14-15-5-3-4-13-7-9-17-12(2)21-10-16(11)18(14)20(21)22(17)19(13)15;1-11-8-14-10-21-12(2)17-7-6-13-4-3-5-15-16(9-11)18(14)20(21)22(17)19(13)15;1-11-6-7-13-8-9-16-12(2)21-10-14-4-3-5-15-17(11)19(13)22(16)20(21)18(14)15;1-11-6-7-14-10-21-12(2)16-9-8-13-4-3-5-15-17(11)18(14)20(21)22(16)19(13)15;1-11-16-9-8-12-4-2-7-15-14-6-3-5-13-10-20(11)19(17(13)14)21(16)18(12)15;1-11-7-12-5-6-14-10-20-9-13-3-2-4-15-16(8-11)18(12)21(14)19(20)17(13)15/h3-6,8H,7,9-10H2,1-2H3;3-5,8-9H,6-7,10H2,1-2H3;2*3-7H,8-10H2,1-2H3;2-7H,8-10H2,1H3;2-4,7-8,10H,5-6,9H2,1H3/q6*+1. The van der Waals surface area contributed by atoms with Gasteiger partial charge in [0.25, 0.3) is 33.9 Å². The van der Waals surface area contributed by atoms with E-state index in [1.807, 2.05) is 0 Å². The number of para-hydroxylation sites is 4. The van der Waals surface area contributed by atoms with Crippen molar-refractivity contribution in [1.29, 1.82) is 0 Å². The monoisotopic (exact) mass is 1680 g/mol. The molecule has 0 saturated heterocycles. The average molecular weight is 1680 g/mol. The molecule has 12 aromatic carbocycles. The van der Waals surface area contributed by atoms with Gasteiger partial charge in [0.2, 0.25) is 0 Å². The molecule has 12 heteroatoms. The van der Waals surface area contributed by atoms with Crippen LogP contribution in [0.3, 0.4) is 0 Å². The van der Waals surface area contributed by atoms with Gasteiger partial charge in [-0.1, -0.05) is 188 Å². The number of benzene rings is 12. The van der Waals surface area contributed by atoms with Gasteiger partial charge in [0, 0.05) is 205 Å². The molecular weight excluding hydrogens is 1590 g/mol. The minimum absolute atomic E-state index is 1.03. The number of rotatable bonds is 0. The van der Waals surface area contributed by atoms with Crippen molar-refractivity contribution in [3.8, 4) is 0 Å². The molecule has 0 amide bonds. The highest BCUT2D eigenvalue weighted by atomic mass is 15.2. The van der Waals surface area contributed by atoms with E-state index < -0.39 is 0 Å². The molecule has 0 bridgehead atoms. The van der Waals surface area contributed by atoms with Gasteiger partial charge in [0.05, 0.1) is 32.3 Å². The van der Waals surface area contributed by atoms with Crippen molar-refractivity contribution in [2.75, 3.05) is 0 Å². The zero-order valence-corrected chi connectivity index (χ0v) is 75.6. The molecular formula is C118H98N12+6. The summed E-state index contributed by atoms with van der Waals surface area (Å²) in [5, 5.41) is 26.1. The molecule has 24 aromatic rings. The Labute approximate surface area is 749 Å². The second kappa shape index (κ2) is 24.7. The van der Waals surface area contributed by atoms with Crippen LogP contribution in [-0.4, -0.2) is 27.2 Å². The Morgan fingerprint density at radius 3 is 1.15 bits per heavy atom. The van der Waals surface area contributed by atoms with E-state index in [2.05, 4.69) is 317 Å². The SMILES string of the molecule is Cc1c2[n+]3c4c(cccc4c4cccc5c4c3n1C5)CC2.Cc1cc2c3c(c1)c1cccc4c1[n+]1c(c(C)n(c31)C2)CC4.Cc1cc2c3c(c1)c1cccc4c1c1n3c(c[n+]1C4)CC2.Cc1ccc2c3c1c1cccc4c1[n+]1c(c(C)n(c31)C2)CC4.Cc1ccc2c3c1c1cccc4c1c1n(c(C)c([n+]31)CC2)C4.Cc1ccc2c3cccc4c3[n+]3c(c(C)n5c3c2c1C5)CC4. The van der Waals surface area contributed by atoms with Gasteiger partial charge in [-0.3, -0.25) is 0 Å². The Hall–Kier alpha value is -14.1. The van der Waals surface area contributed by atoms with Gasteiger partial charge in [-0.15, -0.1) is 0 Å². The van der Waals surface area contributed by atoms with Crippen LogP contribution in [0.4, 0.5) is 0 Å². The lowest BCUT2D eigenvalue weighted by atomic mass is 9.93. The highest BCUT2D eigenvalue weighted by Gasteiger charge is 2.44. The van der Waals surface area contributed by atoms with Crippen LogP contribution in [0.5, 0.6) is 0 Å². The number of imidazole rings is 6. The maximum atomic E-state index is 2.58. The molecule has 0 radical (unpaired) electrons. The maximum Gasteiger partial charge on any atom is 0.295 e. The Morgan fingerprint density at radius 1 is 0.231 bits per heavy atom. The normalized spacial score (nSPS) is 15.2. The molecule has 12 aliphatic heterocycles. The number of hydrogen-bond donors (Lipinski definition) is 0. The largest absolute Gasteiger partial charge is 0.295 e. The summed E-state index contributed by atoms with van der Waals surface area (Å²) in [5.41, 5.74) is 58.5. The van der Waals surface area contributed by atoms with E-state index in [1.54, 1.807) is 0 Å². The first-order chi connectivity index (χ1) is 63.7. The highest BCUT2D eigenvalue weighted by molar-refractivity contribution is 6.19. The molecule has 0 spiro atoms. The number of pyridine rings is 6. The fourth-order valence-corrected chi connectivity index (χ4v) is 28.6. The third-order valence-electron chi connectivity index (χ3n) is 34.2. The van der Waals surface area contributed by atoms with Gasteiger partial charge in [-0.2, -0.15) is 26.4 Å². The van der Waals surface area contributed by atoms with Crippen LogP contribution in [0, 0.1) is 69.2 Å². The molecule has 0 fully saturated rings. The van der Waals surface area contributed by atoms with Gasteiger partial charge in [-0.05, 0) is 101 Å². The number of nitrogens with zero attached hydrogens (tertiary/aromatic N) is 12. The summed E-state index contributed by atoms with van der Waals surface area (Å²) < 4.78 is 30.5. The molecule has 0 N–H and O–H groups in total. The second-order valence-corrected chi connectivity index (χ2v) is 40.6. The van der Waals surface area contributed by atoms with Gasteiger partial charge in [0.15, 0.2) is 28.5 Å². The molecule has 130 heavy (non-hydrogen) atoms. The summed E-state index contributed by atoms with van der Waals surface area (Å²) in [6, 6.07) is 71.2. The lowest BCUT2D eigenvalue weighted by molar-refractivity contribution is -0.657. The fourth-order valence-electron chi connectivity index (χ4n) is 28.6. The van der Waals surface area contributed by atoms with Gasteiger partial charge >= 0.3 is 0 Å². The first kappa shape index (κ1) is 71.9. The molecule has 0 unspecified atom stereocenters. The topological polar surface area (TPSA) is 53.4 Å². The molecule has 0 aliphatic carbocycles. The van der Waals surface area contributed by atoms with Crippen molar-refractivity contribution >= 4 is 164 Å². The Balaban J connectivity index is 0.0000000739. The third-order valence-corrected chi connectivity index (χ3v) is 34.2. The summed E-state index contributed by atoms with van der Waals surface area (Å²) in [7, 11) is 0. The summed E-state index contributed by atoms with van der Waals surface area (Å²) in [5.74, 6) is 0. The number of aryl methyl sites for hydroxylation is 17. The average Bonchev–Trinajstić information content (AvgIpc) is 1.55. The van der Waals surface area contributed by atoms with Crippen LogP contribution in [0.1, 0.15) is 157 Å². The van der Waals surface area contributed by atoms with E-state index in [0.29, 0.717) is 0 Å². The first-order valence-corrected chi connectivity index (χ1v) is 48.0. The van der Waals surface area contributed by atoms with Crippen molar-refractivity contribution in [2.24, 2.45) is 0 Å². The number of aromatic nitrogens is 12. The summed E-state index contributed by atoms with van der Waals surface area (Å²) >= 11 is 0. The first-order valence-electron chi connectivity index (χ1n) is 48.0. The minimum atomic E-state index is 1.03. The molecule has 36 rings (SSSR count). The highest BCUT2D eigenvalue weighted by Crippen LogP contribution is 2.48. The number of fused-ring (bicyclic) bond motifs is 6. The fraction of sp³-hybridized carbons (Fsp3) is 0.237. The van der Waals surface area contributed by atoms with E-state index in [-0.39, 0.29) is 0 Å². The van der Waals surface area contributed by atoms with Gasteiger partial charge in [-0.25, -0.2) is 27.4 Å². The second-order valence-electron chi connectivity index (χ2n) is 40.6. The zero-order chi connectivity index (χ0) is 85.8. The Bertz CT molecular complexity index is 9690. The van der Waals surface area contributed by atoms with E-state index in [1.165, 1.54) is 392 Å². The predicted molar refractivity (Wildman–Crippen MR) is 522 cm³/mol. The van der Waals surface area contributed by atoms with Crippen LogP contribution in [0.2, 0.25) is 0 Å². The molecule has 624 valence electrons. The van der Waals surface area contributed by atoms with Crippen LogP contribution in [0.15, 0.2) is 194 Å². The van der Waals surface area contributed by atoms with Crippen molar-refractivity contribution in [3.63, 3.8) is 0 Å². The summed E-state index contributed by atoms with van der Waals surface area (Å²) in [6.07, 6.45) is 16.4. The van der Waals surface area contributed by atoms with Crippen molar-refractivity contribution in [3.05, 3.63) is 351 Å². The predicted octanol–water partition coefficient (Wildman–Crippen LogP) is 21.0. The van der Waals surface area contributed by atoms with Crippen molar-refractivity contribution in [2.45, 2.75) is 186 Å². The third kappa shape index (κ3) is 8.68. The lowest BCUT2D eigenvalue weighted by Gasteiger charge is -2.15. The molecule has 12 aromatic heterocycles. The van der Waals surface area contributed by atoms with Crippen LogP contribution in [0.25, 0.3) is 164 Å². The summed E-state index contributed by atoms with van der Waals surface area (Å²) in [4.78, 5) is 0. The molecule has 0 saturated carbocycles. The molecule has 0 atom stereocenters. The van der Waals surface area contributed by atoms with Crippen LogP contribution in [-0.2, 0) is 116 Å². The van der Waals surface area contributed by atoms with Crippen molar-refractivity contribution in [1.82, 2.24) is 27.2 Å². The van der Waals surface area contributed by atoms with Gasteiger partial charge < -0.3 is 0 Å². The molecule has 24 heterocycles. The lowest BCUT2D eigenvalue weighted by Crippen LogP contribution is -2.31. The Morgan fingerprint density at radius 2 is 0.592 bits per heavy atom.